The third-order valence-electron chi connectivity index (χ3n) is 3.35. The van der Waals surface area contributed by atoms with Gasteiger partial charge in [0.2, 0.25) is 0 Å². The third-order valence-corrected chi connectivity index (χ3v) is 3.35. The lowest BCUT2D eigenvalue weighted by Crippen LogP contribution is -2.34. The molecule has 0 atom stereocenters. The van der Waals surface area contributed by atoms with Crippen molar-refractivity contribution in [3.8, 4) is 0 Å². The van der Waals surface area contributed by atoms with E-state index in [2.05, 4.69) is 20.7 Å². The Morgan fingerprint density at radius 3 is 2.14 bits per heavy atom. The molecule has 0 saturated heterocycles. The minimum Gasteiger partial charge on any atom is -0.444 e. The lowest BCUT2D eigenvalue weighted by Gasteiger charge is -2.19. The van der Waals surface area contributed by atoms with Gasteiger partial charge in [-0.1, -0.05) is 17.2 Å². The summed E-state index contributed by atoms with van der Waals surface area (Å²) in [6, 6.07) is 6.85. The molecule has 2 amide bonds. The number of hydrogen-bond acceptors (Lipinski definition) is 6. The summed E-state index contributed by atoms with van der Waals surface area (Å²) in [6.07, 6.45) is -0.474. The van der Waals surface area contributed by atoms with Crippen molar-refractivity contribution in [2.24, 2.45) is 5.11 Å². The van der Waals surface area contributed by atoms with Gasteiger partial charge in [-0.25, -0.2) is 4.79 Å². The molecule has 0 aliphatic heterocycles. The van der Waals surface area contributed by atoms with Gasteiger partial charge in [0.05, 0.1) is 33.0 Å². The molecule has 0 unspecified atom stereocenters. The molecular formula is C19H29N5O5. The summed E-state index contributed by atoms with van der Waals surface area (Å²) in [4.78, 5) is 26.1. The molecule has 0 heterocycles. The smallest absolute Gasteiger partial charge is 0.407 e. The zero-order chi connectivity index (χ0) is 21.5. The van der Waals surface area contributed by atoms with E-state index >= 15 is 0 Å². The van der Waals surface area contributed by atoms with E-state index in [1.807, 2.05) is 0 Å². The molecule has 10 nitrogen and oxygen atoms in total. The number of azide groups is 1. The first-order chi connectivity index (χ1) is 13.8. The van der Waals surface area contributed by atoms with Crippen molar-refractivity contribution < 1.29 is 23.8 Å². The maximum Gasteiger partial charge on any atom is 0.407 e. The van der Waals surface area contributed by atoms with E-state index in [1.165, 1.54) is 0 Å². The molecule has 1 aromatic carbocycles. The average Bonchev–Trinajstić information content (AvgIpc) is 2.66. The van der Waals surface area contributed by atoms with Crippen LogP contribution >= 0.6 is 0 Å². The first-order valence-corrected chi connectivity index (χ1v) is 9.32. The first kappa shape index (κ1) is 24.2. The number of benzene rings is 1. The molecule has 29 heavy (non-hydrogen) atoms. The van der Waals surface area contributed by atoms with Gasteiger partial charge in [-0.2, -0.15) is 0 Å². The molecule has 0 aliphatic carbocycles. The second-order valence-electron chi connectivity index (χ2n) is 7.00. The number of alkyl carbamates (subject to hydrolysis) is 1. The highest BCUT2D eigenvalue weighted by Gasteiger charge is 2.15. The zero-order valence-electron chi connectivity index (χ0n) is 17.1. The molecule has 0 spiro atoms. The molecule has 0 bridgehead atoms. The molecule has 0 radical (unpaired) electrons. The molecule has 0 aliphatic rings. The number of carbonyl (C=O) groups is 2. The van der Waals surface area contributed by atoms with Crippen molar-refractivity contribution in [2.45, 2.75) is 32.9 Å². The van der Waals surface area contributed by atoms with E-state index in [9.17, 15) is 9.59 Å². The molecule has 0 aromatic heterocycles. The van der Waals surface area contributed by atoms with Crippen LogP contribution in [0.25, 0.3) is 10.4 Å². The molecule has 160 valence electrons. The van der Waals surface area contributed by atoms with Crippen molar-refractivity contribution in [2.75, 3.05) is 39.5 Å². The Hall–Kier alpha value is -2.81. The number of ether oxygens (including phenoxy) is 3. The summed E-state index contributed by atoms with van der Waals surface area (Å²) in [5, 5.41) is 8.82. The zero-order valence-corrected chi connectivity index (χ0v) is 17.1. The van der Waals surface area contributed by atoms with E-state index < -0.39 is 11.7 Å². The van der Waals surface area contributed by atoms with Crippen molar-refractivity contribution in [1.82, 2.24) is 10.6 Å². The van der Waals surface area contributed by atoms with Crippen LogP contribution < -0.4 is 10.6 Å². The second kappa shape index (κ2) is 13.4. The van der Waals surface area contributed by atoms with Crippen LogP contribution in [0.1, 0.15) is 36.7 Å². The fourth-order valence-electron chi connectivity index (χ4n) is 2.08. The monoisotopic (exact) mass is 407 g/mol. The number of carbonyl (C=O) groups excluding carboxylic acids is 2. The van der Waals surface area contributed by atoms with Crippen molar-refractivity contribution in [3.63, 3.8) is 0 Å². The predicted octanol–water partition coefficient (Wildman–Crippen LogP) is 2.78. The summed E-state index contributed by atoms with van der Waals surface area (Å²) >= 11 is 0. The van der Waals surface area contributed by atoms with Crippen LogP contribution in [0.15, 0.2) is 29.4 Å². The largest absolute Gasteiger partial charge is 0.444 e. The fraction of sp³-hybridized carbons (Fsp3) is 0.579. The Labute approximate surface area is 170 Å². The minimum absolute atomic E-state index is 0.201. The van der Waals surface area contributed by atoms with E-state index in [4.69, 9.17) is 19.7 Å². The van der Waals surface area contributed by atoms with Crippen LogP contribution in [-0.2, 0) is 20.8 Å². The van der Waals surface area contributed by atoms with Crippen LogP contribution in [0, 0.1) is 0 Å². The summed E-state index contributed by atoms with van der Waals surface area (Å²) in [5.74, 6) is -0.201. The molecule has 1 aromatic rings. The van der Waals surface area contributed by atoms with Crippen molar-refractivity contribution >= 4 is 12.0 Å². The van der Waals surface area contributed by atoms with E-state index in [-0.39, 0.29) is 12.5 Å². The molecule has 0 fully saturated rings. The quantitative estimate of drug-likeness (QED) is 0.238. The lowest BCUT2D eigenvalue weighted by molar-refractivity contribution is 0.0400. The number of hydrogen-bond donors (Lipinski definition) is 2. The van der Waals surface area contributed by atoms with Crippen molar-refractivity contribution in [1.29, 1.82) is 0 Å². The SMILES string of the molecule is CC(C)(C)OC(=O)NCCOCCOCCNC(=O)c1ccc(CN=[N+]=[N-])cc1. The summed E-state index contributed by atoms with van der Waals surface area (Å²) in [7, 11) is 0. The van der Waals surface area contributed by atoms with Crippen LogP contribution in [0.3, 0.4) is 0 Å². The van der Waals surface area contributed by atoms with Gasteiger partial charge in [-0.05, 0) is 44.0 Å². The normalized spacial score (nSPS) is 10.7. The molecule has 1 rings (SSSR count). The van der Waals surface area contributed by atoms with Crippen LogP contribution in [0.2, 0.25) is 0 Å². The Balaban J connectivity index is 2.02. The predicted molar refractivity (Wildman–Crippen MR) is 107 cm³/mol. The number of nitrogens with one attached hydrogen (secondary N) is 2. The standard InChI is InChI=1S/C19H29N5O5/c1-19(2,3)29-18(26)22-9-11-28-13-12-27-10-8-21-17(25)16-6-4-15(5-7-16)14-23-24-20/h4-7H,8-14H2,1-3H3,(H,21,25)(H,22,26). The molecule has 0 saturated carbocycles. The third kappa shape index (κ3) is 12.3. The lowest BCUT2D eigenvalue weighted by atomic mass is 10.1. The van der Waals surface area contributed by atoms with Gasteiger partial charge >= 0.3 is 6.09 Å². The highest BCUT2D eigenvalue weighted by atomic mass is 16.6. The first-order valence-electron chi connectivity index (χ1n) is 9.32. The topological polar surface area (TPSA) is 135 Å². The molecular weight excluding hydrogens is 378 g/mol. The van der Waals surface area contributed by atoms with Gasteiger partial charge in [0.15, 0.2) is 0 Å². The number of amides is 2. The fourth-order valence-corrected chi connectivity index (χ4v) is 2.08. The maximum atomic E-state index is 12.0. The van der Waals surface area contributed by atoms with Crippen LogP contribution in [0.4, 0.5) is 4.79 Å². The van der Waals surface area contributed by atoms with Crippen LogP contribution in [-0.4, -0.2) is 57.1 Å². The number of nitrogens with zero attached hydrogens (tertiary/aromatic N) is 3. The van der Waals surface area contributed by atoms with E-state index in [0.717, 1.165) is 5.56 Å². The Kier molecular flexibility index (Phi) is 11.2. The summed E-state index contributed by atoms with van der Waals surface area (Å²) in [5.41, 5.74) is 9.13. The van der Waals surface area contributed by atoms with Crippen molar-refractivity contribution in [3.05, 3.63) is 45.8 Å². The highest BCUT2D eigenvalue weighted by molar-refractivity contribution is 5.94. The van der Waals surface area contributed by atoms with Crippen LogP contribution in [0.5, 0.6) is 0 Å². The maximum absolute atomic E-state index is 12.0. The second-order valence-corrected chi connectivity index (χ2v) is 7.00. The van der Waals surface area contributed by atoms with Gasteiger partial charge in [-0.15, -0.1) is 0 Å². The van der Waals surface area contributed by atoms with Gasteiger partial charge in [-0.3, -0.25) is 4.79 Å². The Morgan fingerprint density at radius 1 is 1.00 bits per heavy atom. The highest BCUT2D eigenvalue weighted by Crippen LogP contribution is 2.06. The summed E-state index contributed by atoms with van der Waals surface area (Å²) < 4.78 is 15.8. The molecule has 2 N–H and O–H groups in total. The molecule has 10 heteroatoms. The average molecular weight is 407 g/mol. The van der Waals surface area contributed by atoms with Gasteiger partial charge in [0.1, 0.15) is 5.60 Å². The van der Waals surface area contributed by atoms with Gasteiger partial charge in [0.25, 0.3) is 5.91 Å². The minimum atomic E-state index is -0.523. The van der Waals surface area contributed by atoms with Gasteiger partial charge < -0.3 is 24.8 Å². The number of rotatable bonds is 12. The van der Waals surface area contributed by atoms with Gasteiger partial charge in [0, 0.05) is 23.6 Å². The Bertz CT molecular complexity index is 681. The van der Waals surface area contributed by atoms with E-state index in [1.54, 1.807) is 45.0 Å². The summed E-state index contributed by atoms with van der Waals surface area (Å²) in [6.45, 7) is 7.87. The van der Waals surface area contributed by atoms with E-state index in [0.29, 0.717) is 45.1 Å². The Morgan fingerprint density at radius 2 is 1.59 bits per heavy atom.